The van der Waals surface area contributed by atoms with Gasteiger partial charge in [-0.25, -0.2) is 0 Å². The van der Waals surface area contributed by atoms with Crippen molar-refractivity contribution in [3.8, 4) is 23.0 Å². The summed E-state index contributed by atoms with van der Waals surface area (Å²) in [6.07, 6.45) is 5.59. The molecule has 5 rings (SSSR count). The van der Waals surface area contributed by atoms with Gasteiger partial charge >= 0.3 is 0 Å². The zero-order valence-corrected chi connectivity index (χ0v) is 31.4. The molecule has 0 saturated carbocycles. The number of carbonyl (C=O) groups excluding carboxylic acids is 2. The van der Waals surface area contributed by atoms with E-state index in [-0.39, 0.29) is 11.9 Å². The van der Waals surface area contributed by atoms with Crippen LogP contribution in [0, 0.1) is 0 Å². The van der Waals surface area contributed by atoms with Crippen LogP contribution in [0.5, 0.6) is 23.0 Å². The van der Waals surface area contributed by atoms with Crippen LogP contribution in [-0.4, -0.2) is 80.8 Å². The predicted molar refractivity (Wildman–Crippen MR) is 204 cm³/mol. The molecule has 0 radical (unpaired) electrons. The number of hydrogen-bond acceptors (Lipinski definition) is 9. The minimum absolute atomic E-state index is 0.186. The summed E-state index contributed by atoms with van der Waals surface area (Å²) in [6, 6.07) is 6.62. The molecule has 2 N–H and O–H groups in total. The standard InChI is InChI=1S/C36H44N4O7.2C2H6/c1-22(2)40-29-18-34(32(45-6)16-27(29)35(42)39-20-24(4)14-30(39)36(40)43)47-11-9-7-8-10-46-33-17-28-25(15-31(33)44-5)12-23(3)13-26(19-37-28)38-21-41;2*1-2/h15-19,21,26,30,36,43H,1,3-4,7-14,20H2,2,5-6H3,(H,38,41);2*1-2H3. The summed E-state index contributed by atoms with van der Waals surface area (Å²) in [7, 11) is 3.15. The average molecular weight is 705 g/mol. The zero-order valence-electron chi connectivity index (χ0n) is 31.4. The highest BCUT2D eigenvalue weighted by Gasteiger charge is 2.44. The number of aliphatic hydroxyl groups excluding tert-OH is 1. The van der Waals surface area contributed by atoms with E-state index < -0.39 is 12.3 Å². The second-order valence-corrected chi connectivity index (χ2v) is 12.2. The van der Waals surface area contributed by atoms with E-state index in [2.05, 4.69) is 30.0 Å². The summed E-state index contributed by atoms with van der Waals surface area (Å²) in [4.78, 5) is 32.5. The maximum Gasteiger partial charge on any atom is 0.256 e. The van der Waals surface area contributed by atoms with Gasteiger partial charge < -0.3 is 39.2 Å². The van der Waals surface area contributed by atoms with E-state index >= 15 is 0 Å². The highest BCUT2D eigenvalue weighted by atomic mass is 16.5. The van der Waals surface area contributed by atoms with Crippen molar-refractivity contribution in [1.29, 1.82) is 0 Å². The van der Waals surface area contributed by atoms with Gasteiger partial charge in [0.05, 0.1) is 56.5 Å². The summed E-state index contributed by atoms with van der Waals surface area (Å²) in [6.45, 7) is 23.4. The van der Waals surface area contributed by atoms with Gasteiger partial charge in [0.2, 0.25) is 6.41 Å². The fourth-order valence-corrected chi connectivity index (χ4v) is 6.35. The molecule has 0 aromatic heterocycles. The zero-order chi connectivity index (χ0) is 37.7. The number of methoxy groups -OCH3 is 2. The highest BCUT2D eigenvalue weighted by molar-refractivity contribution is 6.02. The van der Waals surface area contributed by atoms with Crippen molar-refractivity contribution < 1.29 is 33.6 Å². The third-order valence-electron chi connectivity index (χ3n) is 8.64. The van der Waals surface area contributed by atoms with Gasteiger partial charge in [-0.2, -0.15) is 0 Å². The van der Waals surface area contributed by atoms with Crippen molar-refractivity contribution in [3.63, 3.8) is 0 Å². The van der Waals surface area contributed by atoms with E-state index in [4.69, 9.17) is 18.9 Å². The predicted octanol–water partition coefficient (Wildman–Crippen LogP) is 7.15. The first-order valence-electron chi connectivity index (χ1n) is 17.8. The molecule has 2 aromatic carbocycles. The van der Waals surface area contributed by atoms with Crippen LogP contribution in [0.3, 0.4) is 0 Å². The number of hydrogen-bond donors (Lipinski definition) is 2. The maximum absolute atomic E-state index is 13.6. The smallest absolute Gasteiger partial charge is 0.256 e. The van der Waals surface area contributed by atoms with Gasteiger partial charge in [0.25, 0.3) is 5.91 Å². The molecule has 278 valence electrons. The minimum atomic E-state index is -0.969. The van der Waals surface area contributed by atoms with Crippen LogP contribution in [0.4, 0.5) is 11.4 Å². The van der Waals surface area contributed by atoms with Crippen LogP contribution < -0.4 is 29.2 Å². The third kappa shape index (κ3) is 9.72. The molecular formula is C40H56N4O7. The molecule has 2 aromatic rings. The number of fused-ring (bicyclic) bond motifs is 3. The summed E-state index contributed by atoms with van der Waals surface area (Å²) in [5.74, 6) is 1.97. The first-order valence-corrected chi connectivity index (χ1v) is 17.8. The Bertz CT molecular complexity index is 1590. The molecule has 0 spiro atoms. The molecule has 1 saturated heterocycles. The number of anilines is 1. The number of unbranched alkanes of at least 4 members (excludes halogenated alkanes) is 2. The lowest BCUT2D eigenvalue weighted by Crippen LogP contribution is -2.47. The number of amides is 2. The van der Waals surface area contributed by atoms with Crippen LogP contribution in [0.2, 0.25) is 0 Å². The molecule has 0 aliphatic carbocycles. The molecule has 3 unspecified atom stereocenters. The Morgan fingerprint density at radius 1 is 0.941 bits per heavy atom. The maximum atomic E-state index is 13.6. The number of nitrogens with zero attached hydrogens (tertiary/aromatic N) is 3. The molecule has 3 aliphatic heterocycles. The SMILES string of the molecule is C=C1Cc2cc(OC)c(OCCCCCOc3cc4c(cc3OC)C(=O)N3CC(=C)CC3C(O)N4C(=C)C)cc2N=CC(NC=O)C1.CC.CC. The summed E-state index contributed by atoms with van der Waals surface area (Å²) in [5, 5.41) is 14.1. The van der Waals surface area contributed by atoms with Crippen molar-refractivity contribution >= 4 is 29.9 Å². The lowest BCUT2D eigenvalue weighted by molar-refractivity contribution is -0.109. The first kappa shape index (κ1) is 40.7. The Morgan fingerprint density at radius 2 is 1.57 bits per heavy atom. The molecule has 11 nitrogen and oxygen atoms in total. The summed E-state index contributed by atoms with van der Waals surface area (Å²) >= 11 is 0. The van der Waals surface area contributed by atoms with Crippen molar-refractivity contribution in [1.82, 2.24) is 10.2 Å². The number of benzene rings is 2. The van der Waals surface area contributed by atoms with E-state index in [1.807, 2.05) is 39.8 Å². The second kappa shape index (κ2) is 19.6. The van der Waals surface area contributed by atoms with Crippen molar-refractivity contribution in [3.05, 3.63) is 72.0 Å². The highest BCUT2D eigenvalue weighted by Crippen LogP contribution is 2.43. The van der Waals surface area contributed by atoms with Crippen molar-refractivity contribution in [2.75, 3.05) is 38.9 Å². The monoisotopic (exact) mass is 704 g/mol. The molecular weight excluding hydrogens is 648 g/mol. The summed E-state index contributed by atoms with van der Waals surface area (Å²) < 4.78 is 23.5. The number of allylic oxidation sites excluding steroid dienone is 1. The largest absolute Gasteiger partial charge is 0.493 e. The normalized spacial score (nSPS) is 19.0. The van der Waals surface area contributed by atoms with Crippen molar-refractivity contribution in [2.45, 2.75) is 91.5 Å². The van der Waals surface area contributed by atoms with Gasteiger partial charge in [-0.05, 0) is 63.1 Å². The minimum Gasteiger partial charge on any atom is -0.493 e. The number of nitrogens with one attached hydrogen (secondary N) is 1. The molecule has 11 heteroatoms. The van der Waals surface area contributed by atoms with Gasteiger partial charge in [0, 0.05) is 30.6 Å². The fraction of sp³-hybridized carbons (Fsp3) is 0.475. The van der Waals surface area contributed by atoms with E-state index in [0.717, 1.165) is 41.7 Å². The van der Waals surface area contributed by atoms with E-state index in [9.17, 15) is 14.7 Å². The van der Waals surface area contributed by atoms with Crippen LogP contribution in [0.15, 0.2) is 65.8 Å². The molecule has 51 heavy (non-hydrogen) atoms. The Hall–Kier alpha value is -4.77. The van der Waals surface area contributed by atoms with E-state index in [1.54, 1.807) is 49.3 Å². The molecule has 3 heterocycles. The molecule has 2 amide bonds. The lowest BCUT2D eigenvalue weighted by atomic mass is 9.97. The van der Waals surface area contributed by atoms with Gasteiger partial charge in [0.1, 0.15) is 0 Å². The third-order valence-corrected chi connectivity index (χ3v) is 8.64. The Kier molecular flexibility index (Phi) is 15.6. The van der Waals surface area contributed by atoms with Crippen molar-refractivity contribution in [2.24, 2.45) is 4.99 Å². The number of carbonyl (C=O) groups is 2. The first-order chi connectivity index (χ1) is 24.6. The summed E-state index contributed by atoms with van der Waals surface area (Å²) in [5.41, 5.74) is 5.20. The quantitative estimate of drug-likeness (QED) is 0.128. The lowest BCUT2D eigenvalue weighted by Gasteiger charge is -2.34. The topological polar surface area (TPSA) is 122 Å². The van der Waals surface area contributed by atoms with E-state index in [1.165, 1.54) is 0 Å². The number of ether oxygens (including phenoxy) is 4. The van der Waals surface area contributed by atoms with Crippen LogP contribution in [0.25, 0.3) is 0 Å². The molecule has 1 fully saturated rings. The number of aliphatic imine (C=N–C) groups is 1. The van der Waals surface area contributed by atoms with Crippen LogP contribution >= 0.6 is 0 Å². The fourth-order valence-electron chi connectivity index (χ4n) is 6.35. The van der Waals surface area contributed by atoms with Crippen LogP contribution in [-0.2, 0) is 11.2 Å². The molecule has 3 aliphatic rings. The van der Waals surface area contributed by atoms with Gasteiger partial charge in [-0.15, -0.1) is 0 Å². The molecule has 0 bridgehead atoms. The van der Waals surface area contributed by atoms with Gasteiger partial charge in [0.15, 0.2) is 29.2 Å². The molecule has 3 atom stereocenters. The Morgan fingerprint density at radius 3 is 2.18 bits per heavy atom. The average Bonchev–Trinajstić information content (AvgIpc) is 3.49. The van der Waals surface area contributed by atoms with Crippen LogP contribution in [0.1, 0.15) is 82.6 Å². The van der Waals surface area contributed by atoms with Gasteiger partial charge in [-0.1, -0.05) is 58.6 Å². The van der Waals surface area contributed by atoms with E-state index in [0.29, 0.717) is 85.4 Å². The van der Waals surface area contributed by atoms with Gasteiger partial charge in [-0.3, -0.25) is 14.6 Å². The number of rotatable bonds is 13. The Balaban J connectivity index is 0.00000169. The number of aliphatic hydroxyl groups is 1. The second-order valence-electron chi connectivity index (χ2n) is 12.2. The Labute approximate surface area is 303 Å².